The van der Waals surface area contributed by atoms with Gasteiger partial charge in [-0.25, -0.2) is 18.0 Å². The largest absolute Gasteiger partial charge is 0.462 e. The van der Waals surface area contributed by atoms with Crippen LogP contribution in [0.4, 0.5) is 5.00 Å². The van der Waals surface area contributed by atoms with Crippen molar-refractivity contribution in [2.75, 3.05) is 18.2 Å². The molecule has 172 valence electrons. The number of carbonyl (C=O) groups is 3. The summed E-state index contributed by atoms with van der Waals surface area (Å²) in [5.74, 6) is -1.90. The number of benzene rings is 1. The van der Waals surface area contributed by atoms with Crippen LogP contribution in [0.5, 0.6) is 0 Å². The van der Waals surface area contributed by atoms with E-state index in [0.717, 1.165) is 42.4 Å². The lowest BCUT2D eigenvalue weighted by molar-refractivity contribution is -0.123. The van der Waals surface area contributed by atoms with Crippen molar-refractivity contribution in [1.82, 2.24) is 0 Å². The average molecular weight is 480 g/mol. The molecule has 1 amide bonds. The summed E-state index contributed by atoms with van der Waals surface area (Å²) >= 11 is 1.34. The lowest BCUT2D eigenvalue weighted by Crippen LogP contribution is -2.30. The molecule has 1 aliphatic carbocycles. The number of anilines is 1. The van der Waals surface area contributed by atoms with Crippen molar-refractivity contribution in [1.29, 1.82) is 0 Å². The average Bonchev–Trinajstić information content (AvgIpc) is 3.11. The molecular formula is C22H25NO7S2. The van der Waals surface area contributed by atoms with Gasteiger partial charge in [0.15, 0.2) is 15.9 Å². The molecule has 0 saturated carbocycles. The van der Waals surface area contributed by atoms with Crippen molar-refractivity contribution in [3.8, 4) is 0 Å². The maximum atomic E-state index is 12.7. The molecule has 0 spiro atoms. The van der Waals surface area contributed by atoms with Gasteiger partial charge in [-0.15, -0.1) is 11.3 Å². The monoisotopic (exact) mass is 479 g/mol. The van der Waals surface area contributed by atoms with Gasteiger partial charge in [0.25, 0.3) is 5.91 Å². The van der Waals surface area contributed by atoms with Crippen molar-refractivity contribution >= 4 is 44.0 Å². The summed E-state index contributed by atoms with van der Waals surface area (Å²) < 4.78 is 33.8. The van der Waals surface area contributed by atoms with Gasteiger partial charge in [0.05, 0.1) is 22.6 Å². The number of aryl methyl sites for hydroxylation is 1. The maximum Gasteiger partial charge on any atom is 0.341 e. The van der Waals surface area contributed by atoms with Crippen molar-refractivity contribution in [2.45, 2.75) is 50.5 Å². The fourth-order valence-corrected chi connectivity index (χ4v) is 5.37. The van der Waals surface area contributed by atoms with E-state index in [-0.39, 0.29) is 17.1 Å². The molecule has 10 heteroatoms. The minimum absolute atomic E-state index is 0.0198. The lowest BCUT2D eigenvalue weighted by atomic mass is 9.95. The van der Waals surface area contributed by atoms with Crippen LogP contribution in [0.25, 0.3) is 0 Å². The molecule has 1 aliphatic rings. The van der Waals surface area contributed by atoms with Gasteiger partial charge in [-0.3, -0.25) is 4.79 Å². The zero-order valence-electron chi connectivity index (χ0n) is 18.1. The molecule has 1 aromatic heterocycles. The van der Waals surface area contributed by atoms with Crippen molar-refractivity contribution in [2.24, 2.45) is 0 Å². The fourth-order valence-electron chi connectivity index (χ4n) is 3.42. The third-order valence-electron chi connectivity index (χ3n) is 5.04. The van der Waals surface area contributed by atoms with E-state index in [1.165, 1.54) is 42.5 Å². The fraction of sp³-hybridized carbons (Fsp3) is 0.409. The highest BCUT2D eigenvalue weighted by Crippen LogP contribution is 2.38. The second-order valence-corrected chi connectivity index (χ2v) is 10.6. The summed E-state index contributed by atoms with van der Waals surface area (Å²) in [5.41, 5.74) is 1.31. The SMILES string of the molecule is CCOC(=O)c1c(NC(=O)[C@@H](C)OC(=O)c2cccc(S(C)(=O)=O)c2)sc2c1CCCC2. The van der Waals surface area contributed by atoms with E-state index in [1.807, 2.05) is 0 Å². The molecule has 0 saturated heterocycles. The topological polar surface area (TPSA) is 116 Å². The predicted molar refractivity (Wildman–Crippen MR) is 120 cm³/mol. The molecule has 32 heavy (non-hydrogen) atoms. The van der Waals surface area contributed by atoms with Crippen LogP contribution in [-0.4, -0.2) is 45.2 Å². The second kappa shape index (κ2) is 9.83. The Morgan fingerprint density at radius 2 is 1.88 bits per heavy atom. The van der Waals surface area contributed by atoms with Crippen LogP contribution in [0.15, 0.2) is 29.2 Å². The predicted octanol–water partition coefficient (Wildman–Crippen LogP) is 3.39. The number of rotatable bonds is 7. The minimum atomic E-state index is -3.49. The molecule has 0 unspecified atom stereocenters. The molecule has 1 atom stereocenters. The first-order valence-electron chi connectivity index (χ1n) is 10.3. The van der Waals surface area contributed by atoms with Crippen LogP contribution in [0.2, 0.25) is 0 Å². The zero-order chi connectivity index (χ0) is 23.5. The van der Waals surface area contributed by atoms with Gasteiger partial charge in [0.1, 0.15) is 5.00 Å². The molecule has 1 aromatic carbocycles. The summed E-state index contributed by atoms with van der Waals surface area (Å²) in [4.78, 5) is 38.7. The number of nitrogens with one attached hydrogen (secondary N) is 1. The van der Waals surface area contributed by atoms with E-state index in [9.17, 15) is 22.8 Å². The van der Waals surface area contributed by atoms with E-state index >= 15 is 0 Å². The highest BCUT2D eigenvalue weighted by molar-refractivity contribution is 7.90. The number of fused-ring (bicyclic) bond motifs is 1. The molecule has 3 rings (SSSR count). The summed E-state index contributed by atoms with van der Waals surface area (Å²) in [5, 5.41) is 3.10. The molecule has 0 bridgehead atoms. The molecule has 0 aliphatic heterocycles. The highest BCUT2D eigenvalue weighted by Gasteiger charge is 2.29. The Kier molecular flexibility index (Phi) is 7.35. The standard InChI is InChI=1S/C22H25NO7S2/c1-4-29-22(26)18-16-10-5-6-11-17(16)31-20(18)23-19(24)13(2)30-21(25)14-8-7-9-15(12-14)32(3,27)28/h7-9,12-13H,4-6,10-11H2,1-3H3,(H,23,24)/t13-/m1/s1. The summed E-state index contributed by atoms with van der Waals surface area (Å²) in [7, 11) is -3.49. The zero-order valence-corrected chi connectivity index (χ0v) is 19.7. The number of esters is 2. The summed E-state index contributed by atoms with van der Waals surface area (Å²) in [6.07, 6.45) is 3.43. The van der Waals surface area contributed by atoms with Crippen molar-refractivity contribution in [3.63, 3.8) is 0 Å². The number of carbonyl (C=O) groups excluding carboxylic acids is 3. The van der Waals surface area contributed by atoms with Gasteiger partial charge in [0, 0.05) is 11.1 Å². The van der Waals surface area contributed by atoms with E-state index < -0.39 is 33.8 Å². The second-order valence-electron chi connectivity index (χ2n) is 7.47. The summed E-state index contributed by atoms with van der Waals surface area (Å²) in [6, 6.07) is 5.42. The van der Waals surface area contributed by atoms with E-state index in [2.05, 4.69) is 5.32 Å². The van der Waals surface area contributed by atoms with Crippen LogP contribution < -0.4 is 5.32 Å². The Labute approximate surface area is 190 Å². The maximum absolute atomic E-state index is 12.7. The molecule has 8 nitrogen and oxygen atoms in total. The number of sulfone groups is 1. The Balaban J connectivity index is 1.76. The Hall–Kier alpha value is -2.72. The van der Waals surface area contributed by atoms with Gasteiger partial charge in [-0.1, -0.05) is 6.07 Å². The van der Waals surface area contributed by atoms with E-state index in [0.29, 0.717) is 10.6 Å². The lowest BCUT2D eigenvalue weighted by Gasteiger charge is -2.14. The Bertz CT molecular complexity index is 1150. The van der Waals surface area contributed by atoms with Gasteiger partial charge in [0.2, 0.25) is 0 Å². The number of ether oxygens (including phenoxy) is 2. The van der Waals surface area contributed by atoms with Gasteiger partial charge in [-0.05, 0) is 63.3 Å². The molecule has 1 N–H and O–H groups in total. The van der Waals surface area contributed by atoms with Gasteiger partial charge >= 0.3 is 11.9 Å². The minimum Gasteiger partial charge on any atom is -0.462 e. The Morgan fingerprint density at radius 3 is 2.56 bits per heavy atom. The van der Waals surface area contributed by atoms with Crippen LogP contribution in [-0.2, 0) is 36.9 Å². The molecule has 0 radical (unpaired) electrons. The van der Waals surface area contributed by atoms with Crippen molar-refractivity contribution < 1.29 is 32.3 Å². The van der Waals surface area contributed by atoms with Crippen molar-refractivity contribution in [3.05, 3.63) is 45.8 Å². The van der Waals surface area contributed by atoms with Crippen LogP contribution in [0, 0.1) is 0 Å². The van der Waals surface area contributed by atoms with Crippen LogP contribution in [0.3, 0.4) is 0 Å². The molecule has 1 heterocycles. The third-order valence-corrected chi connectivity index (χ3v) is 7.36. The smallest absolute Gasteiger partial charge is 0.341 e. The molecular weight excluding hydrogens is 454 g/mol. The van der Waals surface area contributed by atoms with E-state index in [1.54, 1.807) is 6.92 Å². The first kappa shape index (κ1) is 23.9. The summed E-state index contributed by atoms with van der Waals surface area (Å²) in [6.45, 7) is 3.35. The highest BCUT2D eigenvalue weighted by atomic mass is 32.2. The molecule has 2 aromatic rings. The van der Waals surface area contributed by atoms with Gasteiger partial charge < -0.3 is 14.8 Å². The number of thiophene rings is 1. The quantitative estimate of drug-likeness (QED) is 0.605. The number of hydrogen-bond donors (Lipinski definition) is 1. The number of hydrogen-bond acceptors (Lipinski definition) is 8. The molecule has 0 fully saturated rings. The number of amides is 1. The van der Waals surface area contributed by atoms with E-state index in [4.69, 9.17) is 9.47 Å². The first-order valence-corrected chi connectivity index (χ1v) is 13.0. The van der Waals surface area contributed by atoms with Crippen LogP contribution in [0.1, 0.15) is 57.8 Å². The third kappa shape index (κ3) is 5.36. The van der Waals surface area contributed by atoms with Gasteiger partial charge in [-0.2, -0.15) is 0 Å². The first-order chi connectivity index (χ1) is 15.1. The van der Waals surface area contributed by atoms with Crippen LogP contribution >= 0.6 is 11.3 Å². The Morgan fingerprint density at radius 1 is 1.16 bits per heavy atom. The normalized spacial score (nSPS) is 14.2.